The van der Waals surface area contributed by atoms with Crippen LogP contribution in [0.5, 0.6) is 0 Å². The van der Waals surface area contributed by atoms with E-state index in [1.165, 1.54) is 11.3 Å². The van der Waals surface area contributed by atoms with Gasteiger partial charge in [0, 0.05) is 74.6 Å². The normalized spacial score (nSPS) is 22.0. The monoisotopic (exact) mass is 629 g/mol. The van der Waals surface area contributed by atoms with Gasteiger partial charge in [0.2, 0.25) is 11.8 Å². The Hall–Kier alpha value is -3.30. The van der Waals surface area contributed by atoms with Gasteiger partial charge in [-0.1, -0.05) is 57.2 Å². The van der Waals surface area contributed by atoms with E-state index in [1.807, 2.05) is 40.1 Å². The highest BCUT2D eigenvalue weighted by molar-refractivity contribution is 8.01. The average molecular weight is 630 g/mol. The number of aromatic amines is 1. The molecule has 6 rings (SSSR count). The number of nitrogens with zero attached hydrogens (tertiary/aromatic N) is 4. The third-order valence-corrected chi connectivity index (χ3v) is 11.2. The van der Waals surface area contributed by atoms with Crippen LogP contribution in [0.3, 0.4) is 0 Å². The second kappa shape index (κ2) is 13.2. The first-order valence-corrected chi connectivity index (χ1v) is 17.4. The summed E-state index contributed by atoms with van der Waals surface area (Å²) in [7, 11) is 2.16. The third kappa shape index (κ3) is 7.09. The summed E-state index contributed by atoms with van der Waals surface area (Å²) >= 11 is 1.65. The number of carbonyl (C=O) groups is 2. The zero-order chi connectivity index (χ0) is 31.7. The van der Waals surface area contributed by atoms with Gasteiger partial charge in [-0.05, 0) is 61.2 Å². The molecule has 3 fully saturated rings. The Balaban J connectivity index is 1.15. The van der Waals surface area contributed by atoms with E-state index in [2.05, 4.69) is 66.9 Å². The minimum atomic E-state index is -0.399. The van der Waals surface area contributed by atoms with Crippen LogP contribution in [0, 0.1) is 5.41 Å². The summed E-state index contributed by atoms with van der Waals surface area (Å²) in [5, 5.41) is 0.519. The number of hydrogen-bond acceptors (Lipinski definition) is 6. The molecule has 4 heterocycles. The molecule has 0 aliphatic carbocycles. The predicted octanol–water partition coefficient (Wildman–Crippen LogP) is 5.46. The van der Waals surface area contributed by atoms with Crippen LogP contribution in [0.2, 0.25) is 0 Å². The molecule has 240 valence electrons. The van der Waals surface area contributed by atoms with Gasteiger partial charge in [0.15, 0.2) is 0 Å². The molecule has 0 spiro atoms. The van der Waals surface area contributed by atoms with Crippen LogP contribution in [-0.2, 0) is 9.59 Å². The van der Waals surface area contributed by atoms with Crippen molar-refractivity contribution >= 4 is 40.2 Å². The van der Waals surface area contributed by atoms with Gasteiger partial charge in [-0.2, -0.15) is 0 Å². The largest absolute Gasteiger partial charge is 0.369 e. The number of H-pyrrole nitrogens is 1. The van der Waals surface area contributed by atoms with Crippen LogP contribution in [0.15, 0.2) is 59.4 Å². The van der Waals surface area contributed by atoms with E-state index in [0.29, 0.717) is 19.6 Å². The molecule has 3 aliphatic heterocycles. The lowest BCUT2D eigenvalue weighted by molar-refractivity contribution is -0.136. The smallest absolute Gasteiger partial charge is 0.251 e. The van der Waals surface area contributed by atoms with E-state index in [1.54, 1.807) is 11.8 Å². The summed E-state index contributed by atoms with van der Waals surface area (Å²) in [6.45, 7) is 12.5. The molecule has 3 aliphatic rings. The van der Waals surface area contributed by atoms with Crippen molar-refractivity contribution in [3.8, 4) is 0 Å². The molecule has 0 saturated carbocycles. The molecule has 0 bridgehead atoms. The number of amides is 2. The minimum Gasteiger partial charge on any atom is -0.369 e. The summed E-state index contributed by atoms with van der Waals surface area (Å²) in [6.07, 6.45) is 2.60. The molecule has 45 heavy (non-hydrogen) atoms. The SMILES string of the molecule is CN1CCN(c2ccccc2C2SC(CC(=O)N3CCC(c4cc5ccccc5[nH]c4=O)CC3)C(=O)N2CCC(C)(C)C)CC1. The molecule has 8 nitrogen and oxygen atoms in total. The van der Waals surface area contributed by atoms with E-state index in [-0.39, 0.29) is 40.5 Å². The first-order chi connectivity index (χ1) is 21.6. The van der Waals surface area contributed by atoms with Crippen LogP contribution in [0.1, 0.15) is 68.9 Å². The highest BCUT2D eigenvalue weighted by atomic mass is 32.2. The second-order valence-corrected chi connectivity index (χ2v) is 15.5. The Morgan fingerprint density at radius 3 is 2.33 bits per heavy atom. The lowest BCUT2D eigenvalue weighted by atomic mass is 9.89. The average Bonchev–Trinajstić information content (AvgIpc) is 3.34. The number of carbonyl (C=O) groups excluding carboxylic acids is 2. The number of benzene rings is 2. The summed E-state index contributed by atoms with van der Waals surface area (Å²) < 4.78 is 0. The Labute approximate surface area is 271 Å². The molecule has 0 radical (unpaired) electrons. The lowest BCUT2D eigenvalue weighted by Crippen LogP contribution is -2.45. The summed E-state index contributed by atoms with van der Waals surface area (Å²) in [6, 6.07) is 18.4. The zero-order valence-corrected chi connectivity index (χ0v) is 27.9. The zero-order valence-electron chi connectivity index (χ0n) is 27.1. The van der Waals surface area contributed by atoms with Crippen LogP contribution in [0.25, 0.3) is 10.9 Å². The van der Waals surface area contributed by atoms with Gasteiger partial charge in [-0.15, -0.1) is 11.8 Å². The molecule has 9 heteroatoms. The number of aromatic nitrogens is 1. The number of rotatable bonds is 7. The van der Waals surface area contributed by atoms with Gasteiger partial charge in [0.05, 0.1) is 5.25 Å². The lowest BCUT2D eigenvalue weighted by Gasteiger charge is -2.37. The molecule has 2 unspecified atom stereocenters. The topological polar surface area (TPSA) is 80.0 Å². The number of likely N-dealkylation sites (N-methyl/N-ethyl adjacent to an activating group) is 1. The molecule has 1 N–H and O–H groups in total. The number of fused-ring (bicyclic) bond motifs is 1. The van der Waals surface area contributed by atoms with Crippen molar-refractivity contribution in [3.05, 3.63) is 76.1 Å². The Morgan fingerprint density at radius 2 is 1.60 bits per heavy atom. The van der Waals surface area contributed by atoms with Crippen molar-refractivity contribution in [1.82, 2.24) is 19.7 Å². The number of piperazine rings is 1. The van der Waals surface area contributed by atoms with Gasteiger partial charge < -0.3 is 24.6 Å². The molecular formula is C36H47N5O3S. The van der Waals surface area contributed by atoms with Crippen LogP contribution in [0.4, 0.5) is 5.69 Å². The van der Waals surface area contributed by atoms with E-state index >= 15 is 0 Å². The maximum Gasteiger partial charge on any atom is 0.251 e. The first-order valence-electron chi connectivity index (χ1n) is 16.5. The van der Waals surface area contributed by atoms with Gasteiger partial charge >= 0.3 is 0 Å². The summed E-state index contributed by atoms with van der Waals surface area (Å²) in [5.41, 5.74) is 4.08. The number of hydrogen-bond donors (Lipinski definition) is 1. The second-order valence-electron chi connectivity index (χ2n) is 14.2. The standard InChI is InChI=1S/C36H47N5O3S/c1-36(2,3)15-18-41-34(44)31(45-35(41)27-10-6-8-12-30(27)39-21-19-38(4)20-22-39)24-32(42)40-16-13-25(14-17-40)28-23-26-9-5-7-11-29(26)37-33(28)43/h5-12,23,25,31,35H,13-22,24H2,1-4H3,(H,37,43). The summed E-state index contributed by atoms with van der Waals surface area (Å²) in [5.74, 6) is 0.233. The third-order valence-electron chi connectivity index (χ3n) is 9.71. The van der Waals surface area contributed by atoms with Crippen LogP contribution in [-0.4, -0.2) is 89.6 Å². The number of likely N-dealkylation sites (tertiary alicyclic amines) is 1. The first kappa shape index (κ1) is 31.7. The maximum atomic E-state index is 14.0. The number of thioether (sulfide) groups is 1. The number of nitrogens with one attached hydrogen (secondary N) is 1. The summed E-state index contributed by atoms with van der Waals surface area (Å²) in [4.78, 5) is 52.3. The van der Waals surface area contributed by atoms with Crippen molar-refractivity contribution in [2.24, 2.45) is 5.41 Å². The van der Waals surface area contributed by atoms with Crippen molar-refractivity contribution < 1.29 is 9.59 Å². The quantitative estimate of drug-likeness (QED) is 0.374. The fourth-order valence-corrected chi connectivity index (χ4v) is 8.38. The fraction of sp³-hybridized carbons (Fsp3) is 0.528. The van der Waals surface area contributed by atoms with E-state index in [4.69, 9.17) is 0 Å². The number of anilines is 1. The highest BCUT2D eigenvalue weighted by Crippen LogP contribution is 2.48. The molecule has 1 aromatic heterocycles. The number of piperidine rings is 1. The van der Waals surface area contributed by atoms with Gasteiger partial charge in [-0.25, -0.2) is 0 Å². The van der Waals surface area contributed by atoms with Crippen molar-refractivity contribution in [2.45, 2.75) is 63.0 Å². The van der Waals surface area contributed by atoms with Crippen molar-refractivity contribution in [2.75, 3.05) is 57.8 Å². The molecular weight excluding hydrogens is 582 g/mol. The minimum absolute atomic E-state index is 0.0373. The van der Waals surface area contributed by atoms with E-state index in [0.717, 1.165) is 61.9 Å². The number of para-hydroxylation sites is 2. The van der Waals surface area contributed by atoms with Gasteiger partial charge in [-0.3, -0.25) is 14.4 Å². The van der Waals surface area contributed by atoms with E-state index in [9.17, 15) is 14.4 Å². The van der Waals surface area contributed by atoms with Crippen LogP contribution < -0.4 is 10.5 Å². The molecule has 3 saturated heterocycles. The fourth-order valence-electron chi connectivity index (χ4n) is 6.87. The van der Waals surface area contributed by atoms with Crippen LogP contribution >= 0.6 is 11.8 Å². The van der Waals surface area contributed by atoms with Gasteiger partial charge in [0.25, 0.3) is 5.56 Å². The Kier molecular flexibility index (Phi) is 9.29. The van der Waals surface area contributed by atoms with E-state index < -0.39 is 5.25 Å². The van der Waals surface area contributed by atoms with Gasteiger partial charge in [0.1, 0.15) is 5.37 Å². The number of pyridine rings is 1. The molecule has 2 atom stereocenters. The Bertz CT molecular complexity index is 1580. The van der Waals surface area contributed by atoms with Crippen molar-refractivity contribution in [3.63, 3.8) is 0 Å². The molecule has 3 aromatic rings. The Morgan fingerprint density at radius 1 is 0.911 bits per heavy atom. The molecule has 2 amide bonds. The predicted molar refractivity (Wildman–Crippen MR) is 184 cm³/mol. The highest BCUT2D eigenvalue weighted by Gasteiger charge is 2.44. The molecule has 2 aromatic carbocycles. The maximum absolute atomic E-state index is 14.0. The van der Waals surface area contributed by atoms with Crippen molar-refractivity contribution in [1.29, 1.82) is 0 Å².